The second-order valence-electron chi connectivity index (χ2n) is 4.98. The van der Waals surface area contributed by atoms with Crippen molar-refractivity contribution in [3.8, 4) is 0 Å². The van der Waals surface area contributed by atoms with E-state index in [1.165, 1.54) is 25.7 Å². The molecule has 0 aromatic heterocycles. The molecule has 2 nitrogen and oxygen atoms in total. The first kappa shape index (κ1) is 10.9. The predicted octanol–water partition coefficient (Wildman–Crippen LogP) is 2.43. The average molecular weight is 207 g/mol. The summed E-state index contributed by atoms with van der Waals surface area (Å²) in [5.41, 5.74) is 5.78. The van der Waals surface area contributed by atoms with E-state index in [1.807, 2.05) is 12.2 Å². The van der Waals surface area contributed by atoms with Crippen molar-refractivity contribution in [2.75, 3.05) is 0 Å². The van der Waals surface area contributed by atoms with Crippen molar-refractivity contribution in [2.24, 2.45) is 17.6 Å². The van der Waals surface area contributed by atoms with Crippen LogP contribution in [0.3, 0.4) is 0 Å². The molecule has 2 aliphatic carbocycles. The monoisotopic (exact) mass is 207 g/mol. The number of nitrogens with two attached hydrogens (primary N) is 1. The molecule has 2 aliphatic rings. The lowest BCUT2D eigenvalue weighted by molar-refractivity contribution is -0.125. The van der Waals surface area contributed by atoms with Gasteiger partial charge in [0.2, 0.25) is 0 Å². The zero-order valence-corrected chi connectivity index (χ0v) is 9.32. The Balaban J connectivity index is 1.91. The second kappa shape index (κ2) is 4.93. The summed E-state index contributed by atoms with van der Waals surface area (Å²) < 4.78 is 0. The van der Waals surface area contributed by atoms with E-state index in [2.05, 4.69) is 0 Å². The molecule has 0 aromatic carbocycles. The van der Waals surface area contributed by atoms with Crippen LogP contribution in [-0.2, 0) is 4.79 Å². The van der Waals surface area contributed by atoms with E-state index >= 15 is 0 Å². The molecule has 1 fully saturated rings. The Bertz CT molecular complexity index is 251. The number of hydrogen-bond acceptors (Lipinski definition) is 2. The van der Waals surface area contributed by atoms with Crippen LogP contribution in [0.4, 0.5) is 0 Å². The highest BCUT2D eigenvalue weighted by atomic mass is 16.1. The fraction of sp³-hybridized carbons (Fsp3) is 0.769. The molecule has 2 N–H and O–H groups in total. The molecule has 2 rings (SSSR count). The Morgan fingerprint density at radius 3 is 2.27 bits per heavy atom. The number of allylic oxidation sites excluding steroid dienone is 1. The minimum Gasteiger partial charge on any atom is -0.324 e. The van der Waals surface area contributed by atoms with Crippen LogP contribution in [0.15, 0.2) is 12.2 Å². The van der Waals surface area contributed by atoms with Crippen molar-refractivity contribution in [3.05, 3.63) is 12.2 Å². The van der Waals surface area contributed by atoms with Gasteiger partial charge < -0.3 is 5.73 Å². The number of ketones is 1. The first-order chi connectivity index (χ1) is 7.27. The first-order valence-electron chi connectivity index (χ1n) is 6.25. The third kappa shape index (κ3) is 2.69. The second-order valence-corrected chi connectivity index (χ2v) is 4.98. The van der Waals surface area contributed by atoms with E-state index in [0.717, 1.165) is 19.3 Å². The Hall–Kier alpha value is -0.630. The van der Waals surface area contributed by atoms with Gasteiger partial charge in [-0.25, -0.2) is 0 Å². The van der Waals surface area contributed by atoms with Crippen molar-refractivity contribution < 1.29 is 4.79 Å². The molecule has 0 bridgehead atoms. The van der Waals surface area contributed by atoms with Gasteiger partial charge in [0, 0.05) is 17.9 Å². The van der Waals surface area contributed by atoms with E-state index in [0.29, 0.717) is 11.7 Å². The third-order valence-electron chi connectivity index (χ3n) is 3.74. The number of rotatable bonds is 2. The molecule has 2 heteroatoms. The lowest BCUT2D eigenvalue weighted by Gasteiger charge is -2.16. The molecule has 2 unspecified atom stereocenters. The van der Waals surface area contributed by atoms with Crippen molar-refractivity contribution in [1.29, 1.82) is 0 Å². The normalized spacial score (nSPS) is 32.9. The molecule has 0 radical (unpaired) electrons. The van der Waals surface area contributed by atoms with Gasteiger partial charge in [-0.3, -0.25) is 4.79 Å². The molecule has 0 amide bonds. The average Bonchev–Trinajstić information content (AvgIpc) is 2.53. The Kier molecular flexibility index (Phi) is 3.57. The SMILES string of the molecule is NC1C=CC(C(=O)C2CCCCCC2)C1. The first-order valence-corrected chi connectivity index (χ1v) is 6.25. The predicted molar refractivity (Wildman–Crippen MR) is 61.4 cm³/mol. The van der Waals surface area contributed by atoms with Gasteiger partial charge in [0.15, 0.2) is 0 Å². The van der Waals surface area contributed by atoms with E-state index in [-0.39, 0.29) is 12.0 Å². The van der Waals surface area contributed by atoms with Gasteiger partial charge in [-0.1, -0.05) is 37.8 Å². The molecular weight excluding hydrogens is 186 g/mol. The van der Waals surface area contributed by atoms with Crippen molar-refractivity contribution in [1.82, 2.24) is 0 Å². The van der Waals surface area contributed by atoms with Gasteiger partial charge in [0.1, 0.15) is 5.78 Å². The summed E-state index contributed by atoms with van der Waals surface area (Å²) in [5, 5.41) is 0. The standard InChI is InChI=1S/C13H21NO/c14-12-8-7-11(9-12)13(15)10-5-3-1-2-4-6-10/h7-8,10-12H,1-6,9,14H2. The highest BCUT2D eigenvalue weighted by Crippen LogP contribution is 2.29. The molecule has 2 atom stereocenters. The summed E-state index contributed by atoms with van der Waals surface area (Å²) in [6.07, 6.45) is 12.2. The molecule has 0 saturated heterocycles. The number of Topliss-reactive ketones (excluding diaryl/α,β-unsaturated/α-hetero) is 1. The summed E-state index contributed by atoms with van der Waals surface area (Å²) in [4.78, 5) is 12.2. The van der Waals surface area contributed by atoms with Crippen molar-refractivity contribution in [3.63, 3.8) is 0 Å². The number of carbonyl (C=O) groups excluding carboxylic acids is 1. The highest BCUT2D eigenvalue weighted by Gasteiger charge is 2.29. The van der Waals surface area contributed by atoms with Gasteiger partial charge >= 0.3 is 0 Å². The van der Waals surface area contributed by atoms with E-state index in [4.69, 9.17) is 5.73 Å². The fourth-order valence-electron chi connectivity index (χ4n) is 2.80. The largest absolute Gasteiger partial charge is 0.324 e. The summed E-state index contributed by atoms with van der Waals surface area (Å²) in [6.45, 7) is 0. The molecule has 0 heterocycles. The van der Waals surface area contributed by atoms with Gasteiger partial charge in [0.25, 0.3) is 0 Å². The van der Waals surface area contributed by atoms with Gasteiger partial charge in [-0.2, -0.15) is 0 Å². The minimum atomic E-state index is 0.115. The van der Waals surface area contributed by atoms with Gasteiger partial charge in [0.05, 0.1) is 0 Å². The van der Waals surface area contributed by atoms with Gasteiger partial charge in [-0.05, 0) is 19.3 Å². The molecule has 0 aromatic rings. The van der Waals surface area contributed by atoms with Crippen molar-refractivity contribution >= 4 is 5.78 Å². The Labute approximate surface area is 91.9 Å². The van der Waals surface area contributed by atoms with Crippen LogP contribution in [0.2, 0.25) is 0 Å². The molecule has 0 spiro atoms. The number of carbonyl (C=O) groups is 1. The summed E-state index contributed by atoms with van der Waals surface area (Å²) in [7, 11) is 0. The maximum Gasteiger partial charge on any atom is 0.142 e. The summed E-state index contributed by atoms with van der Waals surface area (Å²) in [5.74, 6) is 0.914. The molecule has 84 valence electrons. The minimum absolute atomic E-state index is 0.115. The fourth-order valence-corrected chi connectivity index (χ4v) is 2.80. The van der Waals surface area contributed by atoms with Crippen LogP contribution in [0.1, 0.15) is 44.9 Å². The van der Waals surface area contributed by atoms with Crippen LogP contribution in [0.25, 0.3) is 0 Å². The maximum absolute atomic E-state index is 12.2. The van der Waals surface area contributed by atoms with Crippen LogP contribution >= 0.6 is 0 Å². The van der Waals surface area contributed by atoms with Crippen molar-refractivity contribution in [2.45, 2.75) is 51.0 Å². The maximum atomic E-state index is 12.2. The van der Waals surface area contributed by atoms with Crippen LogP contribution in [-0.4, -0.2) is 11.8 Å². The summed E-state index contributed by atoms with van der Waals surface area (Å²) >= 11 is 0. The van der Waals surface area contributed by atoms with Gasteiger partial charge in [-0.15, -0.1) is 0 Å². The van der Waals surface area contributed by atoms with Crippen LogP contribution in [0.5, 0.6) is 0 Å². The molecule has 0 aliphatic heterocycles. The lowest BCUT2D eigenvalue weighted by atomic mass is 9.87. The van der Waals surface area contributed by atoms with E-state index < -0.39 is 0 Å². The molecule has 1 saturated carbocycles. The lowest BCUT2D eigenvalue weighted by Crippen LogP contribution is -2.24. The Morgan fingerprint density at radius 1 is 1.07 bits per heavy atom. The Morgan fingerprint density at radius 2 is 1.73 bits per heavy atom. The van der Waals surface area contributed by atoms with Crippen LogP contribution in [0, 0.1) is 11.8 Å². The van der Waals surface area contributed by atoms with E-state index in [1.54, 1.807) is 0 Å². The zero-order chi connectivity index (χ0) is 10.7. The van der Waals surface area contributed by atoms with Crippen LogP contribution < -0.4 is 5.73 Å². The number of hydrogen-bond donors (Lipinski definition) is 1. The zero-order valence-electron chi connectivity index (χ0n) is 9.32. The summed E-state index contributed by atoms with van der Waals surface area (Å²) in [6, 6.07) is 0.115. The quantitative estimate of drug-likeness (QED) is 0.558. The molecular formula is C13H21NO. The smallest absolute Gasteiger partial charge is 0.142 e. The third-order valence-corrected chi connectivity index (χ3v) is 3.74. The van der Waals surface area contributed by atoms with E-state index in [9.17, 15) is 4.79 Å². The highest BCUT2D eigenvalue weighted by molar-refractivity contribution is 5.85. The topological polar surface area (TPSA) is 43.1 Å². The molecule has 15 heavy (non-hydrogen) atoms.